The van der Waals surface area contributed by atoms with Gasteiger partial charge in [-0.2, -0.15) is 0 Å². The topological polar surface area (TPSA) is 68.5 Å². The quantitative estimate of drug-likeness (QED) is 0.801. The number of anilines is 1. The van der Waals surface area contributed by atoms with Crippen LogP contribution in [0.1, 0.15) is 12.6 Å². The highest BCUT2D eigenvalue weighted by Gasteiger charge is 1.96. The number of rotatable bonds is 5. The van der Waals surface area contributed by atoms with Gasteiger partial charge in [0.25, 0.3) is 0 Å². The van der Waals surface area contributed by atoms with Crippen LogP contribution in [-0.2, 0) is 13.0 Å². The summed E-state index contributed by atoms with van der Waals surface area (Å²) in [6, 6.07) is 1.96. The van der Waals surface area contributed by atoms with Crippen LogP contribution in [0.2, 0.25) is 0 Å². The molecule has 0 saturated heterocycles. The Hall–Kier alpha value is -1.98. The van der Waals surface area contributed by atoms with E-state index in [-0.39, 0.29) is 0 Å². The molecule has 0 aromatic carbocycles. The molecule has 1 N–H and O–H groups in total. The van der Waals surface area contributed by atoms with Gasteiger partial charge in [0.1, 0.15) is 12.1 Å². The first-order valence-electron chi connectivity index (χ1n) is 5.27. The highest BCUT2D eigenvalue weighted by atomic mass is 15.4. The highest BCUT2D eigenvalue weighted by molar-refractivity contribution is 5.34. The van der Waals surface area contributed by atoms with E-state index in [4.69, 9.17) is 0 Å². The minimum atomic E-state index is 0.767. The summed E-state index contributed by atoms with van der Waals surface area (Å²) in [7, 11) is 0. The van der Waals surface area contributed by atoms with E-state index in [1.165, 1.54) is 0 Å². The summed E-state index contributed by atoms with van der Waals surface area (Å²) in [6.07, 6.45) is 6.00. The Morgan fingerprint density at radius 3 is 3.06 bits per heavy atom. The maximum atomic E-state index is 4.14. The van der Waals surface area contributed by atoms with Crippen LogP contribution >= 0.6 is 0 Å². The molecule has 0 amide bonds. The molecule has 6 nitrogen and oxygen atoms in total. The van der Waals surface area contributed by atoms with Gasteiger partial charge in [-0.05, 0) is 6.42 Å². The lowest BCUT2D eigenvalue weighted by Gasteiger charge is -2.05. The van der Waals surface area contributed by atoms with Crippen molar-refractivity contribution < 1.29 is 0 Å². The first kappa shape index (κ1) is 10.5. The van der Waals surface area contributed by atoms with Gasteiger partial charge in [-0.3, -0.25) is 4.68 Å². The summed E-state index contributed by atoms with van der Waals surface area (Å²) >= 11 is 0. The molecule has 0 aliphatic carbocycles. The van der Waals surface area contributed by atoms with E-state index in [0.717, 1.165) is 31.0 Å². The summed E-state index contributed by atoms with van der Waals surface area (Å²) in [4.78, 5) is 8.28. The molecule has 84 valence electrons. The van der Waals surface area contributed by atoms with Gasteiger partial charge in [-0.15, -0.1) is 5.10 Å². The standard InChI is InChI=1S/C10H14N6/c1-2-9-7-10(13-8-12-9)11-3-5-16-6-4-14-15-16/h4,6-8H,2-3,5H2,1H3,(H,11,12,13). The number of aryl methyl sites for hydroxylation is 1. The second-order valence-corrected chi connectivity index (χ2v) is 3.34. The monoisotopic (exact) mass is 218 g/mol. The van der Waals surface area contributed by atoms with Gasteiger partial charge in [-0.25, -0.2) is 9.97 Å². The molecule has 0 fully saturated rings. The fourth-order valence-electron chi connectivity index (χ4n) is 1.34. The largest absolute Gasteiger partial charge is 0.368 e. The molecule has 0 spiro atoms. The van der Waals surface area contributed by atoms with Crippen molar-refractivity contribution in [1.29, 1.82) is 0 Å². The second kappa shape index (κ2) is 5.20. The van der Waals surface area contributed by atoms with Crippen molar-refractivity contribution in [3.8, 4) is 0 Å². The Labute approximate surface area is 93.7 Å². The molecule has 2 aromatic heterocycles. The van der Waals surface area contributed by atoms with Crippen LogP contribution in [0.3, 0.4) is 0 Å². The Kier molecular flexibility index (Phi) is 3.42. The fraction of sp³-hybridized carbons (Fsp3) is 0.400. The highest BCUT2D eigenvalue weighted by Crippen LogP contribution is 2.03. The van der Waals surface area contributed by atoms with Gasteiger partial charge in [0, 0.05) is 24.5 Å². The third-order valence-corrected chi connectivity index (χ3v) is 2.20. The van der Waals surface area contributed by atoms with Crippen LogP contribution < -0.4 is 5.32 Å². The van der Waals surface area contributed by atoms with Crippen LogP contribution in [0.5, 0.6) is 0 Å². The molecule has 0 saturated carbocycles. The Balaban J connectivity index is 1.85. The molecule has 2 aromatic rings. The normalized spacial score (nSPS) is 10.3. The predicted octanol–water partition coefficient (Wildman–Crippen LogP) is 0.743. The Morgan fingerprint density at radius 1 is 1.38 bits per heavy atom. The minimum absolute atomic E-state index is 0.767. The third-order valence-electron chi connectivity index (χ3n) is 2.20. The van der Waals surface area contributed by atoms with Crippen molar-refractivity contribution in [3.05, 3.63) is 30.5 Å². The Bertz CT molecular complexity index is 425. The summed E-state index contributed by atoms with van der Waals surface area (Å²) in [5.74, 6) is 0.854. The van der Waals surface area contributed by atoms with Crippen molar-refractivity contribution in [1.82, 2.24) is 25.0 Å². The summed E-state index contributed by atoms with van der Waals surface area (Å²) in [5, 5.41) is 10.8. The summed E-state index contributed by atoms with van der Waals surface area (Å²) < 4.78 is 1.77. The average Bonchev–Trinajstić information content (AvgIpc) is 2.82. The number of hydrogen-bond donors (Lipinski definition) is 1. The predicted molar refractivity (Wildman–Crippen MR) is 59.9 cm³/mol. The van der Waals surface area contributed by atoms with E-state index in [1.807, 2.05) is 12.3 Å². The molecular weight excluding hydrogens is 204 g/mol. The maximum absolute atomic E-state index is 4.14. The number of aromatic nitrogens is 5. The van der Waals surface area contributed by atoms with E-state index < -0.39 is 0 Å². The van der Waals surface area contributed by atoms with Gasteiger partial charge in [0.2, 0.25) is 0 Å². The molecule has 0 unspecified atom stereocenters. The average molecular weight is 218 g/mol. The van der Waals surface area contributed by atoms with Gasteiger partial charge in [-0.1, -0.05) is 12.1 Å². The van der Waals surface area contributed by atoms with Crippen LogP contribution in [0, 0.1) is 0 Å². The number of nitrogens with zero attached hydrogens (tertiary/aromatic N) is 5. The molecule has 0 aliphatic rings. The van der Waals surface area contributed by atoms with Crippen LogP contribution in [0.25, 0.3) is 0 Å². The van der Waals surface area contributed by atoms with E-state index in [2.05, 4.69) is 32.5 Å². The van der Waals surface area contributed by atoms with Crippen molar-refractivity contribution in [2.45, 2.75) is 19.9 Å². The van der Waals surface area contributed by atoms with Gasteiger partial charge in [0.15, 0.2) is 0 Å². The lowest BCUT2D eigenvalue weighted by atomic mass is 10.3. The van der Waals surface area contributed by atoms with Crippen molar-refractivity contribution >= 4 is 5.82 Å². The van der Waals surface area contributed by atoms with E-state index >= 15 is 0 Å². The zero-order valence-electron chi connectivity index (χ0n) is 9.17. The maximum Gasteiger partial charge on any atom is 0.129 e. The van der Waals surface area contributed by atoms with E-state index in [9.17, 15) is 0 Å². The third kappa shape index (κ3) is 2.75. The smallest absolute Gasteiger partial charge is 0.129 e. The summed E-state index contributed by atoms with van der Waals surface area (Å²) in [6.45, 7) is 3.61. The van der Waals surface area contributed by atoms with E-state index in [1.54, 1.807) is 17.2 Å². The first-order valence-corrected chi connectivity index (χ1v) is 5.27. The molecule has 0 radical (unpaired) electrons. The van der Waals surface area contributed by atoms with Gasteiger partial charge >= 0.3 is 0 Å². The molecule has 6 heteroatoms. The molecule has 0 bridgehead atoms. The van der Waals surface area contributed by atoms with Gasteiger partial charge in [0.05, 0.1) is 12.7 Å². The molecular formula is C10H14N6. The summed E-state index contributed by atoms with van der Waals surface area (Å²) in [5.41, 5.74) is 1.04. The Morgan fingerprint density at radius 2 is 2.31 bits per heavy atom. The van der Waals surface area contributed by atoms with Crippen LogP contribution in [-0.4, -0.2) is 31.5 Å². The molecule has 0 atom stereocenters. The first-order chi connectivity index (χ1) is 7.88. The fourth-order valence-corrected chi connectivity index (χ4v) is 1.34. The second-order valence-electron chi connectivity index (χ2n) is 3.34. The van der Waals surface area contributed by atoms with Crippen LogP contribution in [0.4, 0.5) is 5.82 Å². The number of hydrogen-bond acceptors (Lipinski definition) is 5. The lowest BCUT2D eigenvalue weighted by molar-refractivity contribution is 0.608. The molecule has 0 aliphatic heterocycles. The molecule has 2 heterocycles. The van der Waals surface area contributed by atoms with Crippen LogP contribution in [0.15, 0.2) is 24.8 Å². The van der Waals surface area contributed by atoms with Crippen molar-refractivity contribution in [2.75, 3.05) is 11.9 Å². The zero-order valence-corrected chi connectivity index (χ0v) is 9.17. The van der Waals surface area contributed by atoms with Gasteiger partial charge < -0.3 is 5.32 Å². The molecule has 2 rings (SSSR count). The van der Waals surface area contributed by atoms with E-state index in [0.29, 0.717) is 0 Å². The SMILES string of the molecule is CCc1cc(NCCn2ccnn2)ncn1. The van der Waals surface area contributed by atoms with Crippen molar-refractivity contribution in [3.63, 3.8) is 0 Å². The lowest BCUT2D eigenvalue weighted by Crippen LogP contribution is -2.12. The number of nitrogens with one attached hydrogen (secondary N) is 1. The zero-order chi connectivity index (χ0) is 11.2. The van der Waals surface area contributed by atoms with Crippen molar-refractivity contribution in [2.24, 2.45) is 0 Å². The molecule has 16 heavy (non-hydrogen) atoms. The minimum Gasteiger partial charge on any atom is -0.368 e.